The van der Waals surface area contributed by atoms with Crippen molar-refractivity contribution in [3.8, 4) is 0 Å². The number of halogens is 1. The van der Waals surface area contributed by atoms with Gasteiger partial charge in [0, 0.05) is 26.2 Å². The second kappa shape index (κ2) is 5.72. The Balaban J connectivity index is 2.18. The second-order valence-electron chi connectivity index (χ2n) is 7.09. The van der Waals surface area contributed by atoms with Crippen LogP contribution in [-0.2, 0) is 0 Å². The monoisotopic (exact) mass is 278 g/mol. The Morgan fingerprint density at radius 2 is 1.70 bits per heavy atom. The average molecular weight is 278 g/mol. The molecule has 112 valence electrons. The Labute approximate surface area is 122 Å². The molecule has 1 aliphatic heterocycles. The molecule has 0 aliphatic carbocycles. The van der Waals surface area contributed by atoms with Crippen molar-refractivity contribution in [1.82, 2.24) is 4.90 Å². The number of hydrogen-bond acceptors (Lipinski definition) is 2. The van der Waals surface area contributed by atoms with E-state index < -0.39 is 0 Å². The van der Waals surface area contributed by atoms with Gasteiger partial charge in [0.2, 0.25) is 0 Å². The number of anilines is 1. The van der Waals surface area contributed by atoms with Crippen LogP contribution in [0.15, 0.2) is 18.2 Å². The molecular formula is C17H27FN2. The van der Waals surface area contributed by atoms with E-state index in [1.165, 1.54) is 0 Å². The zero-order chi connectivity index (χ0) is 14.9. The van der Waals surface area contributed by atoms with Crippen molar-refractivity contribution in [2.45, 2.75) is 33.6 Å². The molecule has 1 fully saturated rings. The van der Waals surface area contributed by atoms with E-state index in [4.69, 9.17) is 0 Å². The highest BCUT2D eigenvalue weighted by Gasteiger charge is 2.23. The normalized spacial score (nSPS) is 19.2. The highest BCUT2D eigenvalue weighted by Crippen LogP contribution is 2.36. The zero-order valence-electron chi connectivity index (χ0n) is 13.4. The van der Waals surface area contributed by atoms with Crippen LogP contribution in [0.25, 0.3) is 0 Å². The van der Waals surface area contributed by atoms with Gasteiger partial charge in [-0.25, -0.2) is 4.39 Å². The van der Waals surface area contributed by atoms with Crippen LogP contribution in [-0.4, -0.2) is 38.1 Å². The molecule has 0 spiro atoms. The fourth-order valence-corrected chi connectivity index (χ4v) is 2.60. The first-order chi connectivity index (χ1) is 9.29. The maximum Gasteiger partial charge on any atom is 0.146 e. The summed E-state index contributed by atoms with van der Waals surface area (Å²) >= 11 is 0. The van der Waals surface area contributed by atoms with Gasteiger partial charge in [0.25, 0.3) is 0 Å². The summed E-state index contributed by atoms with van der Waals surface area (Å²) in [7, 11) is 2.11. The summed E-state index contributed by atoms with van der Waals surface area (Å²) in [6.07, 6.45) is 0. The molecule has 0 aromatic heterocycles. The Kier molecular flexibility index (Phi) is 4.38. The van der Waals surface area contributed by atoms with Crippen LogP contribution >= 0.6 is 0 Å². The fraction of sp³-hybridized carbons (Fsp3) is 0.647. The molecule has 2 rings (SSSR count). The van der Waals surface area contributed by atoms with Gasteiger partial charge in [0.15, 0.2) is 0 Å². The first-order valence-electron chi connectivity index (χ1n) is 7.52. The van der Waals surface area contributed by atoms with Gasteiger partial charge >= 0.3 is 0 Å². The maximum absolute atomic E-state index is 14.4. The fourth-order valence-electron chi connectivity index (χ4n) is 2.60. The zero-order valence-corrected chi connectivity index (χ0v) is 13.4. The van der Waals surface area contributed by atoms with E-state index >= 15 is 0 Å². The van der Waals surface area contributed by atoms with Gasteiger partial charge in [0.05, 0.1) is 5.69 Å². The van der Waals surface area contributed by atoms with E-state index in [-0.39, 0.29) is 11.2 Å². The van der Waals surface area contributed by atoms with Gasteiger partial charge in [-0.3, -0.25) is 0 Å². The topological polar surface area (TPSA) is 6.48 Å². The van der Waals surface area contributed by atoms with Crippen molar-refractivity contribution in [3.05, 3.63) is 29.6 Å². The molecule has 0 unspecified atom stereocenters. The lowest BCUT2D eigenvalue weighted by atomic mass is 9.78. The van der Waals surface area contributed by atoms with Gasteiger partial charge in [-0.05, 0) is 36.1 Å². The van der Waals surface area contributed by atoms with Crippen molar-refractivity contribution < 1.29 is 4.39 Å². The Morgan fingerprint density at radius 3 is 2.20 bits per heavy atom. The highest BCUT2D eigenvalue weighted by atomic mass is 19.1. The third kappa shape index (κ3) is 3.32. The molecule has 1 atom stereocenters. The lowest BCUT2D eigenvalue weighted by Crippen LogP contribution is -2.44. The SMILES string of the molecule is C[C@H](c1ccc(N2CCN(C)CC2)c(F)c1)C(C)(C)C. The molecular weight excluding hydrogens is 251 g/mol. The summed E-state index contributed by atoms with van der Waals surface area (Å²) in [5.41, 5.74) is 2.00. The molecule has 2 nitrogen and oxygen atoms in total. The third-order valence-electron chi connectivity index (χ3n) is 4.61. The van der Waals surface area contributed by atoms with E-state index in [0.29, 0.717) is 5.92 Å². The maximum atomic E-state index is 14.4. The smallest absolute Gasteiger partial charge is 0.146 e. The molecule has 1 aliphatic rings. The van der Waals surface area contributed by atoms with E-state index in [2.05, 4.69) is 50.6 Å². The Bertz CT molecular complexity index is 457. The second-order valence-corrected chi connectivity index (χ2v) is 7.09. The minimum Gasteiger partial charge on any atom is -0.367 e. The van der Waals surface area contributed by atoms with Crippen molar-refractivity contribution in [2.75, 3.05) is 38.1 Å². The molecule has 20 heavy (non-hydrogen) atoms. The number of rotatable bonds is 2. The van der Waals surface area contributed by atoms with E-state index in [1.807, 2.05) is 6.07 Å². The number of hydrogen-bond donors (Lipinski definition) is 0. The predicted octanol–water partition coefficient (Wildman–Crippen LogP) is 3.73. The summed E-state index contributed by atoms with van der Waals surface area (Å²) in [5.74, 6) is 0.265. The first-order valence-corrected chi connectivity index (χ1v) is 7.52. The van der Waals surface area contributed by atoms with Crippen LogP contribution in [0.5, 0.6) is 0 Å². The number of benzene rings is 1. The summed E-state index contributed by atoms with van der Waals surface area (Å²) < 4.78 is 14.4. The van der Waals surface area contributed by atoms with Crippen LogP contribution < -0.4 is 4.90 Å². The summed E-state index contributed by atoms with van der Waals surface area (Å²) in [6.45, 7) is 12.6. The van der Waals surface area contributed by atoms with Gasteiger partial charge < -0.3 is 9.80 Å². The summed E-state index contributed by atoms with van der Waals surface area (Å²) in [6, 6.07) is 5.77. The molecule has 0 N–H and O–H groups in total. The predicted molar refractivity (Wildman–Crippen MR) is 84.0 cm³/mol. The minimum atomic E-state index is -0.0804. The number of likely N-dealkylation sites (N-methyl/N-ethyl adjacent to an activating group) is 1. The Morgan fingerprint density at radius 1 is 1.10 bits per heavy atom. The average Bonchev–Trinajstić information content (AvgIpc) is 2.38. The lowest BCUT2D eigenvalue weighted by molar-refractivity contribution is 0.311. The molecule has 0 bridgehead atoms. The van der Waals surface area contributed by atoms with Gasteiger partial charge in [-0.2, -0.15) is 0 Å². The minimum absolute atomic E-state index is 0.0804. The van der Waals surface area contributed by atoms with E-state index in [0.717, 1.165) is 37.4 Å². The third-order valence-corrected chi connectivity index (χ3v) is 4.61. The van der Waals surface area contributed by atoms with Gasteiger partial charge in [-0.1, -0.05) is 33.8 Å². The first kappa shape index (κ1) is 15.3. The van der Waals surface area contributed by atoms with Crippen molar-refractivity contribution in [2.24, 2.45) is 5.41 Å². The van der Waals surface area contributed by atoms with Crippen LogP contribution in [0.1, 0.15) is 39.2 Å². The standard InChI is InChI=1S/C17H27FN2/c1-13(17(2,3)4)14-6-7-16(15(18)12-14)20-10-8-19(5)9-11-20/h6-7,12-13H,8-11H2,1-5H3/t13-/m1/s1. The molecule has 0 radical (unpaired) electrons. The van der Waals surface area contributed by atoms with Crippen LogP contribution in [0, 0.1) is 11.2 Å². The van der Waals surface area contributed by atoms with Crippen molar-refractivity contribution >= 4 is 5.69 Å². The largest absolute Gasteiger partial charge is 0.367 e. The van der Waals surface area contributed by atoms with Crippen LogP contribution in [0.4, 0.5) is 10.1 Å². The molecule has 1 aromatic rings. The molecule has 1 saturated heterocycles. The van der Waals surface area contributed by atoms with Gasteiger partial charge in [-0.15, -0.1) is 0 Å². The molecule has 0 saturated carbocycles. The lowest BCUT2D eigenvalue weighted by Gasteiger charge is -2.34. The molecule has 1 heterocycles. The quantitative estimate of drug-likeness (QED) is 0.813. The van der Waals surface area contributed by atoms with E-state index in [1.54, 1.807) is 6.07 Å². The van der Waals surface area contributed by atoms with Crippen molar-refractivity contribution in [3.63, 3.8) is 0 Å². The summed E-state index contributed by atoms with van der Waals surface area (Å²) in [4.78, 5) is 4.44. The number of piperazine rings is 1. The Hall–Kier alpha value is -1.09. The molecule has 0 amide bonds. The highest BCUT2D eigenvalue weighted by molar-refractivity contribution is 5.50. The van der Waals surface area contributed by atoms with Crippen LogP contribution in [0.2, 0.25) is 0 Å². The molecule has 3 heteroatoms. The number of nitrogens with zero attached hydrogens (tertiary/aromatic N) is 2. The van der Waals surface area contributed by atoms with E-state index in [9.17, 15) is 4.39 Å². The summed E-state index contributed by atoms with van der Waals surface area (Å²) in [5, 5.41) is 0. The van der Waals surface area contributed by atoms with Gasteiger partial charge in [0.1, 0.15) is 5.82 Å². The van der Waals surface area contributed by atoms with Crippen molar-refractivity contribution in [1.29, 1.82) is 0 Å². The molecule has 1 aromatic carbocycles. The van der Waals surface area contributed by atoms with Crippen LogP contribution in [0.3, 0.4) is 0 Å².